The number of nitrogens with one attached hydrogen (secondary N) is 1. The number of esters is 1. The molecule has 1 N–H and O–H groups in total. The fraction of sp³-hybridized carbons (Fsp3) is 0.211. The quantitative estimate of drug-likeness (QED) is 0.692. The highest BCUT2D eigenvalue weighted by molar-refractivity contribution is 6.06. The minimum absolute atomic E-state index is 0.275. The normalized spacial score (nSPS) is 10.5. The number of hydrogen-bond acceptors (Lipinski definition) is 4. The molecule has 0 aliphatic heterocycles. The van der Waals surface area contributed by atoms with Crippen molar-refractivity contribution < 1.29 is 14.3 Å². The monoisotopic (exact) mass is 352 g/mol. The van der Waals surface area contributed by atoms with Crippen molar-refractivity contribution in [2.75, 3.05) is 11.9 Å². The lowest BCUT2D eigenvalue weighted by Crippen LogP contribution is -2.15. The summed E-state index contributed by atoms with van der Waals surface area (Å²) in [5.74, 6) is 0.0299. The van der Waals surface area contributed by atoms with Crippen molar-refractivity contribution >= 4 is 17.6 Å². The molecule has 0 fully saturated rings. The molecule has 134 valence electrons. The molecule has 2 aromatic heterocycles. The molecule has 1 aromatic carbocycles. The van der Waals surface area contributed by atoms with Crippen LogP contribution in [0.25, 0.3) is 5.82 Å². The lowest BCUT2D eigenvalue weighted by molar-refractivity contribution is 0.0505. The van der Waals surface area contributed by atoms with Gasteiger partial charge in [-0.05, 0) is 42.8 Å². The van der Waals surface area contributed by atoms with Gasteiger partial charge in [-0.15, -0.1) is 0 Å². The van der Waals surface area contributed by atoms with Gasteiger partial charge in [0.15, 0.2) is 0 Å². The fourth-order valence-electron chi connectivity index (χ4n) is 2.54. The first kappa shape index (κ1) is 17.5. The van der Waals surface area contributed by atoms with E-state index in [4.69, 9.17) is 4.74 Å². The number of aromatic nitrogens is 3. The van der Waals surface area contributed by atoms with Gasteiger partial charge < -0.3 is 14.6 Å². The Bertz CT molecular complexity index is 896. The van der Waals surface area contributed by atoms with Gasteiger partial charge in [-0.1, -0.05) is 6.92 Å². The van der Waals surface area contributed by atoms with Gasteiger partial charge in [-0.3, -0.25) is 9.48 Å². The number of hydrogen-bond donors (Lipinski definition) is 1. The predicted octanol–water partition coefficient (Wildman–Crippen LogP) is 3.03. The van der Waals surface area contributed by atoms with Crippen molar-refractivity contribution in [3.05, 3.63) is 66.1 Å². The number of aryl methyl sites for hydroxylation is 1. The summed E-state index contributed by atoms with van der Waals surface area (Å²) in [5, 5.41) is 7.00. The molecule has 0 atom stereocenters. The molecule has 3 aromatic rings. The van der Waals surface area contributed by atoms with Gasteiger partial charge >= 0.3 is 5.97 Å². The van der Waals surface area contributed by atoms with E-state index in [1.54, 1.807) is 36.0 Å². The van der Waals surface area contributed by atoms with Crippen LogP contribution >= 0.6 is 0 Å². The molecule has 26 heavy (non-hydrogen) atoms. The van der Waals surface area contributed by atoms with Crippen LogP contribution in [0.5, 0.6) is 0 Å². The second-order valence-corrected chi connectivity index (χ2v) is 5.76. The van der Waals surface area contributed by atoms with Crippen molar-refractivity contribution in [1.82, 2.24) is 14.3 Å². The molecule has 0 aliphatic carbocycles. The molecule has 0 spiro atoms. The molecular formula is C19H20N4O3. The van der Waals surface area contributed by atoms with Gasteiger partial charge in [0.2, 0.25) is 0 Å². The van der Waals surface area contributed by atoms with E-state index in [0.717, 1.165) is 6.42 Å². The Morgan fingerprint density at radius 2 is 1.85 bits per heavy atom. The second-order valence-electron chi connectivity index (χ2n) is 5.76. The Hall–Kier alpha value is -3.35. The average Bonchev–Trinajstić information content (AvgIpc) is 3.29. The molecule has 7 heteroatoms. The zero-order valence-corrected chi connectivity index (χ0v) is 14.7. The maximum atomic E-state index is 12.6. The van der Waals surface area contributed by atoms with Crippen molar-refractivity contribution in [1.29, 1.82) is 0 Å². The summed E-state index contributed by atoms with van der Waals surface area (Å²) in [4.78, 5) is 24.4. The number of benzene rings is 1. The number of ether oxygens (including phenoxy) is 1. The lowest BCUT2D eigenvalue weighted by atomic mass is 10.2. The highest BCUT2D eigenvalue weighted by atomic mass is 16.5. The van der Waals surface area contributed by atoms with E-state index in [2.05, 4.69) is 10.4 Å². The summed E-state index contributed by atoms with van der Waals surface area (Å²) < 4.78 is 8.56. The zero-order chi connectivity index (χ0) is 18.5. The van der Waals surface area contributed by atoms with Gasteiger partial charge in [0.25, 0.3) is 5.91 Å². The molecule has 7 nitrogen and oxygen atoms in total. The zero-order valence-electron chi connectivity index (χ0n) is 14.7. The Kier molecular flexibility index (Phi) is 5.17. The Morgan fingerprint density at radius 1 is 1.15 bits per heavy atom. The molecule has 1 amide bonds. The average molecular weight is 352 g/mol. The van der Waals surface area contributed by atoms with Crippen molar-refractivity contribution in [3.8, 4) is 5.82 Å². The summed E-state index contributed by atoms with van der Waals surface area (Å²) in [7, 11) is 1.78. The van der Waals surface area contributed by atoms with Crippen molar-refractivity contribution in [3.63, 3.8) is 0 Å². The molecule has 0 unspecified atom stereocenters. The number of rotatable bonds is 6. The van der Waals surface area contributed by atoms with Crippen LogP contribution in [0.3, 0.4) is 0 Å². The van der Waals surface area contributed by atoms with Gasteiger partial charge in [-0.25, -0.2) is 4.79 Å². The molecule has 0 saturated carbocycles. The highest BCUT2D eigenvalue weighted by Gasteiger charge is 2.17. The Labute approximate surface area is 151 Å². The standard InChI is InChI=1S/C19H20N4O3/c1-3-12-26-19(25)14-6-8-15(9-7-14)21-17(24)16-13-20-22(2)18(16)23-10-4-5-11-23/h4-11,13H,3,12H2,1-2H3,(H,21,24). The molecule has 0 saturated heterocycles. The first-order chi connectivity index (χ1) is 12.6. The predicted molar refractivity (Wildman–Crippen MR) is 97.5 cm³/mol. The van der Waals surface area contributed by atoms with Crippen molar-refractivity contribution in [2.45, 2.75) is 13.3 Å². The van der Waals surface area contributed by atoms with E-state index in [1.807, 2.05) is 36.0 Å². The first-order valence-corrected chi connectivity index (χ1v) is 8.34. The third-order valence-corrected chi connectivity index (χ3v) is 3.82. The summed E-state index contributed by atoms with van der Waals surface area (Å²) in [6, 6.07) is 10.4. The van der Waals surface area contributed by atoms with Crippen LogP contribution < -0.4 is 5.32 Å². The summed E-state index contributed by atoms with van der Waals surface area (Å²) >= 11 is 0. The lowest BCUT2D eigenvalue weighted by Gasteiger charge is -2.09. The molecule has 0 aliphatic rings. The highest BCUT2D eigenvalue weighted by Crippen LogP contribution is 2.17. The van der Waals surface area contributed by atoms with Crippen LogP contribution in [0.15, 0.2) is 55.0 Å². The smallest absolute Gasteiger partial charge is 0.338 e. The van der Waals surface area contributed by atoms with Crippen LogP contribution in [0, 0.1) is 0 Å². The molecule has 0 bridgehead atoms. The number of amides is 1. The van der Waals surface area contributed by atoms with E-state index in [-0.39, 0.29) is 11.9 Å². The SMILES string of the molecule is CCCOC(=O)c1ccc(NC(=O)c2cnn(C)c2-n2cccc2)cc1. The molecule has 0 radical (unpaired) electrons. The first-order valence-electron chi connectivity index (χ1n) is 8.34. The molecular weight excluding hydrogens is 332 g/mol. The topological polar surface area (TPSA) is 78.2 Å². The van der Waals surface area contributed by atoms with E-state index >= 15 is 0 Å². The van der Waals surface area contributed by atoms with Gasteiger partial charge in [0.05, 0.1) is 18.4 Å². The minimum atomic E-state index is -0.369. The van der Waals surface area contributed by atoms with Gasteiger partial charge in [0.1, 0.15) is 11.4 Å². The third kappa shape index (κ3) is 3.66. The van der Waals surface area contributed by atoms with E-state index in [9.17, 15) is 9.59 Å². The second kappa shape index (κ2) is 7.69. The number of nitrogens with zero attached hydrogens (tertiary/aromatic N) is 3. The van der Waals surface area contributed by atoms with Crippen LogP contribution in [-0.2, 0) is 11.8 Å². The van der Waals surface area contributed by atoms with E-state index in [0.29, 0.717) is 29.2 Å². The van der Waals surface area contributed by atoms with Crippen LogP contribution in [0.2, 0.25) is 0 Å². The van der Waals surface area contributed by atoms with Crippen LogP contribution in [-0.4, -0.2) is 32.8 Å². The van der Waals surface area contributed by atoms with Crippen LogP contribution in [0.4, 0.5) is 5.69 Å². The maximum Gasteiger partial charge on any atom is 0.338 e. The molecule has 3 rings (SSSR count). The van der Waals surface area contributed by atoms with Crippen molar-refractivity contribution in [2.24, 2.45) is 7.05 Å². The summed E-state index contributed by atoms with van der Waals surface area (Å²) in [6.45, 7) is 2.33. The van der Waals surface area contributed by atoms with E-state index < -0.39 is 0 Å². The maximum absolute atomic E-state index is 12.6. The Morgan fingerprint density at radius 3 is 2.50 bits per heavy atom. The minimum Gasteiger partial charge on any atom is -0.462 e. The number of anilines is 1. The largest absolute Gasteiger partial charge is 0.462 e. The van der Waals surface area contributed by atoms with Gasteiger partial charge in [-0.2, -0.15) is 5.10 Å². The third-order valence-electron chi connectivity index (χ3n) is 3.82. The van der Waals surface area contributed by atoms with Crippen LogP contribution in [0.1, 0.15) is 34.1 Å². The summed E-state index contributed by atoms with van der Waals surface area (Å²) in [6.07, 6.45) is 6.00. The number of carbonyl (C=O) groups excluding carboxylic acids is 2. The molecule has 2 heterocycles. The number of carbonyl (C=O) groups is 2. The van der Waals surface area contributed by atoms with Gasteiger partial charge in [0, 0.05) is 25.1 Å². The van der Waals surface area contributed by atoms with E-state index in [1.165, 1.54) is 6.20 Å². The fourth-order valence-corrected chi connectivity index (χ4v) is 2.54. The summed E-state index contributed by atoms with van der Waals surface area (Å²) in [5.41, 5.74) is 1.49. The Balaban J connectivity index is 1.74.